The van der Waals surface area contributed by atoms with Crippen LogP contribution < -0.4 is 0 Å². The van der Waals surface area contributed by atoms with Crippen LogP contribution in [0.15, 0.2) is 47.9 Å². The molecule has 25 heavy (non-hydrogen) atoms. The summed E-state index contributed by atoms with van der Waals surface area (Å²) in [5.74, 6) is -0.0473. The van der Waals surface area contributed by atoms with Crippen LogP contribution in [0.25, 0.3) is 11.8 Å². The monoisotopic (exact) mass is 480 g/mol. The molecule has 0 radical (unpaired) electrons. The molecule has 2 heterocycles. The third-order valence-corrected chi connectivity index (χ3v) is 6.06. The maximum Gasteiger partial charge on any atom is 0.266 e. The molecule has 2 aromatic rings. The summed E-state index contributed by atoms with van der Waals surface area (Å²) in [5.41, 5.74) is 4.40. The summed E-state index contributed by atoms with van der Waals surface area (Å²) >= 11 is 8.97. The van der Waals surface area contributed by atoms with Crippen molar-refractivity contribution in [3.63, 3.8) is 0 Å². The first kappa shape index (κ1) is 18.4. The van der Waals surface area contributed by atoms with Crippen molar-refractivity contribution in [3.05, 3.63) is 68.4 Å². The molecule has 1 amide bonds. The van der Waals surface area contributed by atoms with Crippen molar-refractivity contribution in [2.75, 3.05) is 6.54 Å². The summed E-state index contributed by atoms with van der Waals surface area (Å²) < 4.78 is 3.98. The molecule has 3 rings (SSSR count). The molecule has 0 N–H and O–H groups in total. The smallest absolute Gasteiger partial charge is 0.266 e. The predicted octanol–water partition coefficient (Wildman–Crippen LogP) is 5.09. The van der Waals surface area contributed by atoms with Gasteiger partial charge in [-0.3, -0.25) is 9.69 Å². The van der Waals surface area contributed by atoms with Crippen molar-refractivity contribution in [2.45, 2.75) is 13.8 Å². The number of nitrogens with zero attached hydrogens (tertiary/aromatic N) is 2. The number of carbonyl (C=O) groups is 1. The van der Waals surface area contributed by atoms with Gasteiger partial charge < -0.3 is 4.57 Å². The van der Waals surface area contributed by atoms with Crippen LogP contribution in [-0.2, 0) is 4.79 Å². The quantitative estimate of drug-likeness (QED) is 0.264. The Morgan fingerprint density at radius 3 is 2.76 bits per heavy atom. The van der Waals surface area contributed by atoms with Crippen LogP contribution in [0, 0.1) is 17.4 Å². The molecule has 1 aromatic carbocycles. The third kappa shape index (κ3) is 3.61. The Kier molecular flexibility index (Phi) is 5.50. The van der Waals surface area contributed by atoms with Crippen molar-refractivity contribution in [2.24, 2.45) is 0 Å². The van der Waals surface area contributed by atoms with Crippen LogP contribution in [0.4, 0.5) is 0 Å². The van der Waals surface area contributed by atoms with Crippen molar-refractivity contribution in [1.29, 1.82) is 0 Å². The lowest BCUT2D eigenvalue weighted by Crippen LogP contribution is -2.27. The first-order valence-electron chi connectivity index (χ1n) is 7.73. The number of aryl methyl sites for hydroxylation is 1. The molecule has 0 bridgehead atoms. The second-order valence-electron chi connectivity index (χ2n) is 5.72. The van der Waals surface area contributed by atoms with Crippen LogP contribution in [0.3, 0.4) is 0 Å². The minimum absolute atomic E-state index is 0.0473. The molecule has 0 saturated carbocycles. The molecule has 1 saturated heterocycles. The van der Waals surface area contributed by atoms with Gasteiger partial charge in [0.15, 0.2) is 0 Å². The van der Waals surface area contributed by atoms with E-state index in [1.165, 1.54) is 15.3 Å². The fraction of sp³-hybridized carbons (Fsp3) is 0.158. The van der Waals surface area contributed by atoms with E-state index in [-0.39, 0.29) is 5.91 Å². The Morgan fingerprint density at radius 2 is 2.08 bits per heavy atom. The molecule has 6 heteroatoms. The number of hydrogen-bond donors (Lipinski definition) is 0. The van der Waals surface area contributed by atoms with E-state index < -0.39 is 0 Å². The molecule has 1 fully saturated rings. The maximum absolute atomic E-state index is 12.5. The molecular formula is C19H17IN2OS2. The Hall–Kier alpha value is -1.38. The second kappa shape index (κ2) is 7.47. The van der Waals surface area contributed by atoms with Gasteiger partial charge in [0.2, 0.25) is 0 Å². The Morgan fingerprint density at radius 1 is 1.32 bits per heavy atom. The van der Waals surface area contributed by atoms with Gasteiger partial charge in [0, 0.05) is 27.2 Å². The summed E-state index contributed by atoms with van der Waals surface area (Å²) in [6, 6.07) is 10.5. The van der Waals surface area contributed by atoms with Gasteiger partial charge in [-0.05, 0) is 72.3 Å². The number of thiocarbonyl (C=S) groups is 1. The lowest BCUT2D eigenvalue weighted by Gasteiger charge is -2.10. The topological polar surface area (TPSA) is 25.2 Å². The first-order chi connectivity index (χ1) is 11.9. The lowest BCUT2D eigenvalue weighted by molar-refractivity contribution is -0.121. The van der Waals surface area contributed by atoms with Gasteiger partial charge in [0.1, 0.15) is 4.32 Å². The zero-order valence-electron chi connectivity index (χ0n) is 14.0. The largest absolute Gasteiger partial charge is 0.318 e. The van der Waals surface area contributed by atoms with Crippen LogP contribution in [0.5, 0.6) is 0 Å². The van der Waals surface area contributed by atoms with Crippen molar-refractivity contribution in [3.8, 4) is 5.69 Å². The molecule has 0 spiro atoms. The summed E-state index contributed by atoms with van der Waals surface area (Å²) in [6.07, 6.45) is 3.63. The molecule has 1 aliphatic rings. The zero-order valence-corrected chi connectivity index (χ0v) is 17.7. The van der Waals surface area contributed by atoms with E-state index in [1.54, 1.807) is 11.0 Å². The first-order valence-corrected chi connectivity index (χ1v) is 10.0. The number of rotatable bonds is 4. The van der Waals surface area contributed by atoms with Gasteiger partial charge in [-0.25, -0.2) is 0 Å². The third-order valence-electron chi connectivity index (χ3n) is 4.01. The van der Waals surface area contributed by atoms with Crippen molar-refractivity contribution < 1.29 is 4.79 Å². The zero-order chi connectivity index (χ0) is 18.1. The minimum atomic E-state index is -0.0473. The molecule has 128 valence electrons. The van der Waals surface area contributed by atoms with Crippen LogP contribution in [0.1, 0.15) is 17.0 Å². The average molecular weight is 480 g/mol. The fourth-order valence-corrected chi connectivity index (χ4v) is 4.67. The molecular weight excluding hydrogens is 463 g/mol. The van der Waals surface area contributed by atoms with Gasteiger partial charge in [-0.2, -0.15) is 0 Å². The van der Waals surface area contributed by atoms with Crippen LogP contribution >= 0.6 is 46.6 Å². The molecule has 0 atom stereocenters. The number of amides is 1. The Balaban J connectivity index is 2.00. The average Bonchev–Trinajstić information content (AvgIpc) is 2.98. The van der Waals surface area contributed by atoms with Gasteiger partial charge in [0.05, 0.1) is 4.91 Å². The molecule has 1 aromatic heterocycles. The summed E-state index contributed by atoms with van der Waals surface area (Å²) in [6.45, 7) is 8.28. The number of thioether (sulfide) groups is 1. The number of aromatic nitrogens is 1. The van der Waals surface area contributed by atoms with E-state index in [1.807, 2.05) is 6.08 Å². The highest BCUT2D eigenvalue weighted by Gasteiger charge is 2.31. The van der Waals surface area contributed by atoms with Gasteiger partial charge in [0.25, 0.3) is 5.91 Å². The van der Waals surface area contributed by atoms with Crippen LogP contribution in [-0.4, -0.2) is 26.2 Å². The van der Waals surface area contributed by atoms with E-state index in [9.17, 15) is 4.79 Å². The Bertz CT molecular complexity index is 914. The SMILES string of the molecule is C=CCN1C(=O)/C(=C/c2cc(C)n(-c3cccc(I)c3)c2C)SC1=S. The number of halogens is 1. The molecule has 3 nitrogen and oxygen atoms in total. The van der Waals surface area contributed by atoms with Gasteiger partial charge in [-0.15, -0.1) is 6.58 Å². The molecule has 0 aliphatic carbocycles. The van der Waals surface area contributed by atoms with E-state index in [4.69, 9.17) is 12.2 Å². The van der Waals surface area contributed by atoms with E-state index in [2.05, 4.69) is 77.9 Å². The summed E-state index contributed by atoms with van der Waals surface area (Å²) in [4.78, 5) is 14.8. The Labute approximate surface area is 170 Å². The predicted molar refractivity (Wildman–Crippen MR) is 118 cm³/mol. The second-order valence-corrected chi connectivity index (χ2v) is 8.64. The number of benzene rings is 1. The lowest BCUT2D eigenvalue weighted by atomic mass is 10.2. The highest BCUT2D eigenvalue weighted by atomic mass is 127. The standard InChI is InChI=1S/C19H17IN2OS2/c1-4-8-21-18(23)17(25-19(21)24)10-14-9-12(2)22(13(14)3)16-7-5-6-15(20)11-16/h4-7,9-11H,1,8H2,2-3H3/b17-10-. The minimum Gasteiger partial charge on any atom is -0.318 e. The number of carbonyl (C=O) groups excluding carboxylic acids is 1. The fourth-order valence-electron chi connectivity index (χ4n) is 2.87. The van der Waals surface area contributed by atoms with Crippen LogP contribution in [0.2, 0.25) is 0 Å². The van der Waals surface area contributed by atoms with Gasteiger partial charge in [-0.1, -0.05) is 36.1 Å². The molecule has 1 aliphatic heterocycles. The highest BCUT2D eigenvalue weighted by molar-refractivity contribution is 14.1. The van der Waals surface area contributed by atoms with E-state index in [0.29, 0.717) is 15.8 Å². The summed E-state index contributed by atoms with van der Waals surface area (Å²) in [5, 5.41) is 0. The number of hydrogen-bond acceptors (Lipinski definition) is 3. The molecule has 0 unspecified atom stereocenters. The maximum atomic E-state index is 12.5. The van der Waals surface area contributed by atoms with E-state index >= 15 is 0 Å². The van der Waals surface area contributed by atoms with Crippen molar-refractivity contribution >= 4 is 62.9 Å². The van der Waals surface area contributed by atoms with Gasteiger partial charge >= 0.3 is 0 Å². The summed E-state index contributed by atoms with van der Waals surface area (Å²) in [7, 11) is 0. The highest BCUT2D eigenvalue weighted by Crippen LogP contribution is 2.34. The van der Waals surface area contributed by atoms with E-state index in [0.717, 1.165) is 22.6 Å². The van der Waals surface area contributed by atoms with Crippen molar-refractivity contribution in [1.82, 2.24) is 9.47 Å². The normalized spacial score (nSPS) is 16.1.